The normalized spacial score (nSPS) is 51.5. The van der Waals surface area contributed by atoms with Gasteiger partial charge in [0.1, 0.15) is 11.3 Å². The van der Waals surface area contributed by atoms with E-state index in [4.69, 9.17) is 5.73 Å². The fraction of sp³-hybridized carbons (Fsp3) is 0.846. The summed E-state index contributed by atoms with van der Waals surface area (Å²) in [7, 11) is 0. The molecule has 4 bridgehead atoms. The minimum Gasteiger partial charge on any atom is -0.480 e. The highest BCUT2D eigenvalue weighted by molar-refractivity contribution is 5.94. The lowest BCUT2D eigenvalue weighted by Gasteiger charge is -2.63. The lowest BCUT2D eigenvalue weighted by Crippen LogP contribution is -2.74. The second kappa shape index (κ2) is 3.10. The van der Waals surface area contributed by atoms with Gasteiger partial charge >= 0.3 is 5.97 Å². The fourth-order valence-electron chi connectivity index (χ4n) is 5.03. The topological polar surface area (TPSA) is 80.4 Å². The van der Waals surface area contributed by atoms with Crippen molar-refractivity contribution in [2.24, 2.45) is 28.9 Å². The molecule has 4 rings (SSSR count). The molecular weight excluding hydrogens is 218 g/mol. The van der Waals surface area contributed by atoms with E-state index >= 15 is 0 Å². The van der Waals surface area contributed by atoms with Crippen molar-refractivity contribution in [1.82, 2.24) is 0 Å². The number of carboxylic acids is 1. The van der Waals surface area contributed by atoms with E-state index < -0.39 is 16.9 Å². The van der Waals surface area contributed by atoms with Gasteiger partial charge in [-0.15, -0.1) is 0 Å². The summed E-state index contributed by atoms with van der Waals surface area (Å²) in [4.78, 5) is 23.7. The van der Waals surface area contributed by atoms with Crippen molar-refractivity contribution >= 4 is 11.8 Å². The molecule has 4 heteroatoms. The predicted molar refractivity (Wildman–Crippen MR) is 61.2 cm³/mol. The molecule has 3 N–H and O–H groups in total. The van der Waals surface area contributed by atoms with Gasteiger partial charge in [0.2, 0.25) is 0 Å². The largest absolute Gasteiger partial charge is 0.480 e. The zero-order valence-corrected chi connectivity index (χ0v) is 10.1. The number of carbonyl (C=O) groups excluding carboxylic acids is 1. The molecule has 94 valence electrons. The summed E-state index contributed by atoms with van der Waals surface area (Å²) in [5, 5.41) is 9.54. The third kappa shape index (κ3) is 1.12. The predicted octanol–water partition coefficient (Wildman–Crippen LogP) is 1.18. The Hall–Kier alpha value is -0.900. The first-order valence-corrected chi connectivity index (χ1v) is 6.43. The van der Waals surface area contributed by atoms with E-state index in [2.05, 4.69) is 0 Å². The number of carbonyl (C=O) groups is 2. The highest BCUT2D eigenvalue weighted by Gasteiger charge is 2.69. The van der Waals surface area contributed by atoms with Crippen LogP contribution in [0.25, 0.3) is 0 Å². The number of nitrogens with two attached hydrogens (primary N) is 1. The summed E-state index contributed by atoms with van der Waals surface area (Å²) in [6.07, 6.45) is 4.35. The van der Waals surface area contributed by atoms with Gasteiger partial charge in [0.05, 0.1) is 5.41 Å². The Kier molecular flexibility index (Phi) is 2.05. The molecule has 0 saturated heterocycles. The van der Waals surface area contributed by atoms with Crippen LogP contribution < -0.4 is 5.73 Å². The van der Waals surface area contributed by atoms with Crippen LogP contribution >= 0.6 is 0 Å². The van der Waals surface area contributed by atoms with Crippen molar-refractivity contribution in [3.05, 3.63) is 0 Å². The smallest absolute Gasteiger partial charge is 0.325 e. The molecule has 4 nitrogen and oxygen atoms in total. The maximum absolute atomic E-state index is 12.1. The minimum atomic E-state index is -1.31. The Morgan fingerprint density at radius 1 is 1.18 bits per heavy atom. The van der Waals surface area contributed by atoms with Gasteiger partial charge in [-0.05, 0) is 56.8 Å². The van der Waals surface area contributed by atoms with Gasteiger partial charge in [0.15, 0.2) is 0 Å². The van der Waals surface area contributed by atoms with Crippen LogP contribution in [0.5, 0.6) is 0 Å². The number of hydrogen-bond donors (Lipinski definition) is 2. The van der Waals surface area contributed by atoms with Crippen molar-refractivity contribution in [2.45, 2.75) is 44.6 Å². The van der Waals surface area contributed by atoms with Crippen molar-refractivity contribution in [1.29, 1.82) is 0 Å². The lowest BCUT2D eigenvalue weighted by molar-refractivity contribution is -0.182. The van der Waals surface area contributed by atoms with Crippen molar-refractivity contribution in [3.63, 3.8) is 0 Å². The Balaban J connectivity index is 2.14. The third-order valence-electron chi connectivity index (χ3n) is 5.64. The van der Waals surface area contributed by atoms with E-state index in [1.54, 1.807) is 0 Å². The Morgan fingerprint density at radius 2 is 1.71 bits per heavy atom. The second-order valence-corrected chi connectivity index (χ2v) is 6.36. The summed E-state index contributed by atoms with van der Waals surface area (Å²) in [5.74, 6) is 0.0491. The van der Waals surface area contributed by atoms with E-state index in [-0.39, 0.29) is 11.7 Å². The summed E-state index contributed by atoms with van der Waals surface area (Å²) < 4.78 is 0. The molecular formula is C13H19NO3. The molecule has 0 amide bonds. The van der Waals surface area contributed by atoms with Gasteiger partial charge in [0, 0.05) is 0 Å². The van der Waals surface area contributed by atoms with E-state index in [9.17, 15) is 14.7 Å². The first-order valence-electron chi connectivity index (χ1n) is 6.43. The Bertz CT molecular complexity index is 391. The zero-order chi connectivity index (χ0) is 12.4. The van der Waals surface area contributed by atoms with Crippen molar-refractivity contribution < 1.29 is 14.7 Å². The van der Waals surface area contributed by atoms with Gasteiger partial charge < -0.3 is 10.8 Å². The monoisotopic (exact) mass is 237 g/mol. The number of Topliss-reactive ketones (excluding diaryl/α,β-unsaturated/α-hetero) is 1. The molecule has 3 atom stereocenters. The molecule has 0 radical (unpaired) electrons. The highest BCUT2D eigenvalue weighted by atomic mass is 16.4. The first kappa shape index (κ1) is 11.2. The third-order valence-corrected chi connectivity index (χ3v) is 5.64. The van der Waals surface area contributed by atoms with E-state index in [1.165, 1.54) is 13.3 Å². The lowest BCUT2D eigenvalue weighted by atomic mass is 9.41. The zero-order valence-electron chi connectivity index (χ0n) is 10.1. The van der Waals surface area contributed by atoms with Crippen LogP contribution in [0.15, 0.2) is 0 Å². The number of aliphatic carboxylic acids is 1. The molecule has 0 aromatic heterocycles. The number of ketones is 1. The van der Waals surface area contributed by atoms with Gasteiger partial charge in [0.25, 0.3) is 0 Å². The average molecular weight is 237 g/mol. The van der Waals surface area contributed by atoms with Crippen molar-refractivity contribution in [2.75, 3.05) is 0 Å². The SMILES string of the molecule is CC(=O)C12CC3CC(CC(C3)C1(N)C(=O)O)C2. The van der Waals surface area contributed by atoms with Gasteiger partial charge in [-0.3, -0.25) is 9.59 Å². The Morgan fingerprint density at radius 3 is 2.12 bits per heavy atom. The summed E-state index contributed by atoms with van der Waals surface area (Å²) in [5.41, 5.74) is 4.15. The molecule has 4 saturated carbocycles. The fourth-order valence-corrected chi connectivity index (χ4v) is 5.03. The quantitative estimate of drug-likeness (QED) is 0.755. The van der Waals surface area contributed by atoms with E-state index in [1.807, 2.05) is 0 Å². The molecule has 0 aromatic rings. The molecule has 3 unspecified atom stereocenters. The van der Waals surface area contributed by atoms with Crippen LogP contribution in [0, 0.1) is 23.2 Å². The van der Waals surface area contributed by atoms with Crippen LogP contribution in [0.1, 0.15) is 39.0 Å². The number of carboxylic acid groups (broad SMARTS) is 1. The van der Waals surface area contributed by atoms with Gasteiger partial charge in [-0.1, -0.05) is 0 Å². The Labute approximate surface area is 101 Å². The van der Waals surface area contributed by atoms with Gasteiger partial charge in [-0.2, -0.15) is 0 Å². The van der Waals surface area contributed by atoms with Gasteiger partial charge in [-0.25, -0.2) is 0 Å². The first-order chi connectivity index (χ1) is 7.90. The van der Waals surface area contributed by atoms with Crippen LogP contribution in [0.4, 0.5) is 0 Å². The van der Waals surface area contributed by atoms with Crippen LogP contribution in [-0.4, -0.2) is 22.4 Å². The van der Waals surface area contributed by atoms with E-state index in [0.717, 1.165) is 12.8 Å². The summed E-state index contributed by atoms with van der Waals surface area (Å²) in [6, 6.07) is 0. The molecule has 0 spiro atoms. The molecule has 0 aliphatic heterocycles. The van der Waals surface area contributed by atoms with Crippen LogP contribution in [0.3, 0.4) is 0 Å². The maximum Gasteiger partial charge on any atom is 0.325 e. The molecule has 0 heterocycles. The maximum atomic E-state index is 12.1. The standard InChI is InChI=1S/C13H19NO3/c1-7(15)12-5-8-2-9(6-12)4-10(3-8)13(12,14)11(16)17/h8-10H,2-6,14H2,1H3,(H,16,17). The average Bonchev–Trinajstić information content (AvgIpc) is 2.23. The minimum absolute atomic E-state index is 0.00449. The molecule has 4 fully saturated rings. The number of hydrogen-bond acceptors (Lipinski definition) is 3. The molecule has 4 aliphatic carbocycles. The van der Waals surface area contributed by atoms with E-state index in [0.29, 0.717) is 24.7 Å². The van der Waals surface area contributed by atoms with Crippen molar-refractivity contribution in [3.8, 4) is 0 Å². The van der Waals surface area contributed by atoms with Crippen LogP contribution in [-0.2, 0) is 9.59 Å². The second-order valence-electron chi connectivity index (χ2n) is 6.36. The molecule has 17 heavy (non-hydrogen) atoms. The molecule has 0 aromatic carbocycles. The number of rotatable bonds is 2. The summed E-state index contributed by atoms with van der Waals surface area (Å²) >= 11 is 0. The molecule has 4 aliphatic rings. The summed E-state index contributed by atoms with van der Waals surface area (Å²) in [6.45, 7) is 1.53. The highest BCUT2D eigenvalue weighted by Crippen LogP contribution is 2.64. The van der Waals surface area contributed by atoms with Crippen LogP contribution in [0.2, 0.25) is 0 Å².